The first kappa shape index (κ1) is 20.0. The van der Waals surface area contributed by atoms with E-state index in [9.17, 15) is 9.59 Å². The molecule has 28 heavy (non-hydrogen) atoms. The van der Waals surface area contributed by atoms with Crippen LogP contribution in [0.3, 0.4) is 0 Å². The molecule has 3 aromatic rings. The van der Waals surface area contributed by atoms with Crippen molar-refractivity contribution in [2.45, 2.75) is 37.2 Å². The van der Waals surface area contributed by atoms with Crippen molar-refractivity contribution in [2.24, 2.45) is 7.05 Å². The van der Waals surface area contributed by atoms with Gasteiger partial charge in [0.05, 0.1) is 18.1 Å². The Bertz CT molecular complexity index is 952. The van der Waals surface area contributed by atoms with E-state index in [0.717, 1.165) is 11.4 Å². The van der Waals surface area contributed by atoms with Crippen LogP contribution in [0.5, 0.6) is 0 Å². The monoisotopic (exact) mass is 421 g/mol. The highest BCUT2D eigenvalue weighted by atomic mass is 32.2. The quantitative estimate of drug-likeness (QED) is 0.528. The summed E-state index contributed by atoms with van der Waals surface area (Å²) in [6, 6.07) is 3.22. The molecule has 0 spiro atoms. The molecular weight excluding hydrogens is 402 g/mol. The second kappa shape index (κ2) is 8.97. The highest BCUT2D eigenvalue weighted by Crippen LogP contribution is 2.23. The minimum atomic E-state index is -0.414. The Morgan fingerprint density at radius 3 is 2.82 bits per heavy atom. The van der Waals surface area contributed by atoms with Crippen molar-refractivity contribution >= 4 is 40.0 Å². The number of anilines is 1. The Kier molecular flexibility index (Phi) is 6.41. The number of carbonyl (C=O) groups is 2. The van der Waals surface area contributed by atoms with Crippen LogP contribution in [-0.2, 0) is 24.8 Å². The lowest BCUT2D eigenvalue weighted by molar-refractivity contribution is -0.115. The number of hydrogen-bond donors (Lipinski definition) is 2. The lowest BCUT2D eigenvalue weighted by Crippen LogP contribution is -2.24. The van der Waals surface area contributed by atoms with E-state index in [-0.39, 0.29) is 24.1 Å². The van der Waals surface area contributed by atoms with Gasteiger partial charge in [-0.25, -0.2) is 0 Å². The molecule has 1 atom stereocenters. The molecule has 2 N–H and O–H groups in total. The third-order valence-corrected chi connectivity index (χ3v) is 5.84. The van der Waals surface area contributed by atoms with E-state index in [1.807, 2.05) is 6.92 Å². The second-order valence-corrected chi connectivity index (χ2v) is 8.09. The van der Waals surface area contributed by atoms with Crippen LogP contribution in [0.2, 0.25) is 0 Å². The third kappa shape index (κ3) is 4.75. The molecule has 3 aromatic heterocycles. The Morgan fingerprint density at radius 2 is 2.14 bits per heavy atom. The number of nitrogens with one attached hydrogen (secondary N) is 2. The fourth-order valence-corrected chi connectivity index (χ4v) is 3.64. The molecule has 0 bridgehead atoms. The van der Waals surface area contributed by atoms with Crippen molar-refractivity contribution in [3.63, 3.8) is 0 Å². The minimum absolute atomic E-state index is 0.189. The zero-order valence-corrected chi connectivity index (χ0v) is 17.1. The van der Waals surface area contributed by atoms with Gasteiger partial charge in [-0.15, -0.1) is 20.4 Å². The number of amides is 2. The van der Waals surface area contributed by atoms with E-state index in [4.69, 9.17) is 4.42 Å². The molecule has 0 radical (unpaired) electrons. The zero-order valence-electron chi connectivity index (χ0n) is 15.5. The van der Waals surface area contributed by atoms with E-state index >= 15 is 0 Å². The fraction of sp³-hybridized carbons (Fsp3) is 0.375. The molecule has 0 aliphatic heterocycles. The molecule has 10 nitrogen and oxygen atoms in total. The Labute approximate surface area is 169 Å². The van der Waals surface area contributed by atoms with E-state index in [1.54, 1.807) is 30.7 Å². The van der Waals surface area contributed by atoms with Crippen molar-refractivity contribution in [1.82, 2.24) is 30.3 Å². The number of hydrogen-bond acceptors (Lipinski definition) is 9. The SMILES string of the molecule is CCc1nnc(NC(=O)C(C)Sc2nnc(CNC(=O)c3ccco3)n2C)s1. The van der Waals surface area contributed by atoms with Crippen molar-refractivity contribution in [2.75, 3.05) is 5.32 Å². The summed E-state index contributed by atoms with van der Waals surface area (Å²) in [6.45, 7) is 3.94. The van der Waals surface area contributed by atoms with Crippen LogP contribution >= 0.6 is 23.1 Å². The standard InChI is InChI=1S/C16H19N7O3S2/c1-4-12-20-21-15(28-12)18-13(24)9(2)27-16-22-19-11(23(16)3)8-17-14(25)10-6-5-7-26-10/h5-7,9H,4,8H2,1-3H3,(H,17,25)(H,18,21,24). The lowest BCUT2D eigenvalue weighted by Gasteiger charge is -2.10. The Balaban J connectivity index is 1.55. The molecule has 12 heteroatoms. The van der Waals surface area contributed by atoms with Crippen LogP contribution < -0.4 is 10.6 Å². The van der Waals surface area contributed by atoms with E-state index in [1.165, 1.54) is 29.4 Å². The van der Waals surface area contributed by atoms with Gasteiger partial charge in [-0.2, -0.15) is 0 Å². The van der Waals surface area contributed by atoms with Crippen molar-refractivity contribution in [3.8, 4) is 0 Å². The van der Waals surface area contributed by atoms with Crippen LogP contribution in [0.4, 0.5) is 5.13 Å². The summed E-state index contributed by atoms with van der Waals surface area (Å²) in [6.07, 6.45) is 2.21. The van der Waals surface area contributed by atoms with Gasteiger partial charge in [0.15, 0.2) is 16.7 Å². The molecule has 0 aliphatic carbocycles. The van der Waals surface area contributed by atoms with Crippen LogP contribution in [0.1, 0.15) is 35.2 Å². The molecule has 3 rings (SSSR count). The highest BCUT2D eigenvalue weighted by molar-refractivity contribution is 8.00. The molecule has 0 aliphatic rings. The third-order valence-electron chi connectivity index (χ3n) is 3.73. The molecule has 2 amide bonds. The first-order valence-electron chi connectivity index (χ1n) is 8.47. The number of carbonyl (C=O) groups excluding carboxylic acids is 2. The van der Waals surface area contributed by atoms with Gasteiger partial charge in [0.2, 0.25) is 11.0 Å². The number of aromatic nitrogens is 5. The van der Waals surface area contributed by atoms with Crippen molar-refractivity contribution in [3.05, 3.63) is 35.0 Å². The van der Waals surface area contributed by atoms with Gasteiger partial charge in [-0.3, -0.25) is 14.9 Å². The van der Waals surface area contributed by atoms with Gasteiger partial charge in [-0.1, -0.05) is 30.0 Å². The highest BCUT2D eigenvalue weighted by Gasteiger charge is 2.20. The van der Waals surface area contributed by atoms with E-state index in [2.05, 4.69) is 31.0 Å². The summed E-state index contributed by atoms with van der Waals surface area (Å²) >= 11 is 2.62. The van der Waals surface area contributed by atoms with Crippen LogP contribution in [0.15, 0.2) is 28.0 Å². The van der Waals surface area contributed by atoms with Crippen molar-refractivity contribution < 1.29 is 14.0 Å². The van der Waals surface area contributed by atoms with Crippen LogP contribution in [0, 0.1) is 0 Å². The number of rotatable bonds is 8. The van der Waals surface area contributed by atoms with Crippen LogP contribution in [-0.4, -0.2) is 42.0 Å². The number of furan rings is 1. The lowest BCUT2D eigenvalue weighted by atomic mass is 10.4. The van der Waals surface area contributed by atoms with Gasteiger partial charge < -0.3 is 14.3 Å². The minimum Gasteiger partial charge on any atom is -0.459 e. The summed E-state index contributed by atoms with van der Waals surface area (Å²) in [5.74, 6) is 0.259. The Morgan fingerprint density at radius 1 is 1.32 bits per heavy atom. The molecule has 0 saturated carbocycles. The largest absolute Gasteiger partial charge is 0.459 e. The molecule has 148 valence electrons. The molecule has 1 unspecified atom stereocenters. The van der Waals surface area contributed by atoms with E-state index in [0.29, 0.717) is 16.1 Å². The molecule has 0 saturated heterocycles. The normalized spacial score (nSPS) is 12.0. The summed E-state index contributed by atoms with van der Waals surface area (Å²) in [5.41, 5.74) is 0. The fourth-order valence-electron chi connectivity index (χ4n) is 2.12. The van der Waals surface area contributed by atoms with E-state index < -0.39 is 5.25 Å². The summed E-state index contributed by atoms with van der Waals surface area (Å²) in [4.78, 5) is 24.3. The van der Waals surface area contributed by atoms with Gasteiger partial charge in [0.1, 0.15) is 5.01 Å². The maximum atomic E-state index is 12.4. The average Bonchev–Trinajstić information content (AvgIpc) is 3.43. The smallest absolute Gasteiger partial charge is 0.287 e. The number of thioether (sulfide) groups is 1. The molecule has 3 heterocycles. The van der Waals surface area contributed by atoms with Gasteiger partial charge >= 0.3 is 0 Å². The summed E-state index contributed by atoms with van der Waals surface area (Å²) < 4.78 is 6.78. The van der Waals surface area contributed by atoms with Gasteiger partial charge in [0, 0.05) is 7.05 Å². The first-order chi connectivity index (χ1) is 13.5. The first-order valence-corrected chi connectivity index (χ1v) is 10.2. The molecule has 0 aromatic carbocycles. The Hall–Kier alpha value is -2.73. The molecular formula is C16H19N7O3S2. The maximum absolute atomic E-state index is 12.4. The van der Waals surface area contributed by atoms with Crippen LogP contribution in [0.25, 0.3) is 0 Å². The number of nitrogens with zero attached hydrogens (tertiary/aromatic N) is 5. The summed E-state index contributed by atoms with van der Waals surface area (Å²) in [5, 5.41) is 23.1. The second-order valence-electron chi connectivity index (χ2n) is 5.72. The average molecular weight is 422 g/mol. The van der Waals surface area contributed by atoms with Gasteiger partial charge in [-0.05, 0) is 25.5 Å². The summed E-state index contributed by atoms with van der Waals surface area (Å²) in [7, 11) is 1.78. The predicted octanol–water partition coefficient (Wildman–Crippen LogP) is 1.87. The molecule has 0 fully saturated rings. The van der Waals surface area contributed by atoms with Gasteiger partial charge in [0.25, 0.3) is 5.91 Å². The zero-order chi connectivity index (χ0) is 20.1. The van der Waals surface area contributed by atoms with Crippen molar-refractivity contribution in [1.29, 1.82) is 0 Å². The topological polar surface area (TPSA) is 128 Å². The predicted molar refractivity (Wildman–Crippen MR) is 104 cm³/mol. The number of aryl methyl sites for hydroxylation is 1. The maximum Gasteiger partial charge on any atom is 0.287 e.